The molecule has 2 aliphatic rings. The van der Waals surface area contributed by atoms with Crippen LogP contribution in [-0.2, 0) is 17.9 Å². The summed E-state index contributed by atoms with van der Waals surface area (Å²) in [7, 11) is 0. The number of halogens is 3. The van der Waals surface area contributed by atoms with Crippen molar-refractivity contribution in [1.82, 2.24) is 14.7 Å². The molecule has 0 saturated carbocycles. The van der Waals surface area contributed by atoms with Crippen LogP contribution in [0.3, 0.4) is 0 Å². The van der Waals surface area contributed by atoms with Crippen LogP contribution in [0.25, 0.3) is 16.6 Å². The smallest absolute Gasteiger partial charge is 0.430 e. The van der Waals surface area contributed by atoms with Crippen LogP contribution in [-0.4, -0.2) is 57.9 Å². The van der Waals surface area contributed by atoms with Crippen molar-refractivity contribution in [3.05, 3.63) is 95.7 Å². The van der Waals surface area contributed by atoms with Gasteiger partial charge in [-0.1, -0.05) is 54.6 Å². The standard InChI is InChI=1S/C28H29N5O.C2HF3O2/c29-28(34)26-8-4-7-22-17-33(30-27(22)26)23-11-9-21(10-12-23)16-32-24-13-14-25(32)19-31(18-24)15-20-5-2-1-3-6-20;3-2(4,5)1(6)7/h1-12,17,24-25H,13-16,18-19H2,(H2,29,34);(H,6,7). The topological polar surface area (TPSA) is 109 Å². The Labute approximate surface area is 234 Å². The van der Waals surface area contributed by atoms with E-state index in [0.29, 0.717) is 23.2 Å². The van der Waals surface area contributed by atoms with Crippen molar-refractivity contribution in [2.75, 3.05) is 13.1 Å². The summed E-state index contributed by atoms with van der Waals surface area (Å²) in [5.74, 6) is -3.46. The Morgan fingerprint density at radius 2 is 1.56 bits per heavy atom. The van der Waals surface area contributed by atoms with E-state index in [4.69, 9.17) is 15.6 Å². The van der Waals surface area contributed by atoms with Gasteiger partial charge in [-0.2, -0.15) is 18.3 Å². The first-order valence-electron chi connectivity index (χ1n) is 13.4. The highest BCUT2D eigenvalue weighted by atomic mass is 19.4. The van der Waals surface area contributed by atoms with E-state index < -0.39 is 18.1 Å². The number of nitrogens with one attached hydrogen (secondary N) is 1. The van der Waals surface area contributed by atoms with E-state index in [1.807, 2.05) is 23.0 Å². The van der Waals surface area contributed by atoms with E-state index in [-0.39, 0.29) is 0 Å². The fraction of sp³-hybridized carbons (Fsp3) is 0.300. The monoisotopic (exact) mass is 565 g/mol. The summed E-state index contributed by atoms with van der Waals surface area (Å²) in [5.41, 5.74) is 10.4. The lowest BCUT2D eigenvalue weighted by Gasteiger charge is -2.38. The Hall–Kier alpha value is -4.22. The van der Waals surface area contributed by atoms with Gasteiger partial charge in [0.2, 0.25) is 0 Å². The zero-order valence-electron chi connectivity index (χ0n) is 22.2. The number of alkyl halides is 3. The molecule has 1 aromatic heterocycles. The van der Waals surface area contributed by atoms with Crippen molar-refractivity contribution >= 4 is 22.8 Å². The number of piperazine rings is 1. The maximum atomic E-state index is 11.7. The van der Waals surface area contributed by atoms with Gasteiger partial charge in [0.25, 0.3) is 5.91 Å². The third kappa shape index (κ3) is 6.58. The van der Waals surface area contributed by atoms with E-state index in [1.165, 1.54) is 37.1 Å². The molecule has 2 aliphatic heterocycles. The number of hydrogen-bond acceptors (Lipinski definition) is 5. The van der Waals surface area contributed by atoms with Gasteiger partial charge in [0, 0.05) is 23.7 Å². The van der Waals surface area contributed by atoms with Crippen LogP contribution in [0, 0.1) is 0 Å². The molecule has 2 unspecified atom stereocenters. The molecule has 214 valence electrons. The minimum absolute atomic E-state index is 0.452. The molecule has 8 nitrogen and oxygen atoms in total. The number of aromatic nitrogens is 2. The Balaban J connectivity index is 0.000000431. The van der Waals surface area contributed by atoms with Crippen molar-refractivity contribution in [1.29, 1.82) is 0 Å². The van der Waals surface area contributed by atoms with Gasteiger partial charge in [-0.05, 0) is 36.6 Å². The van der Waals surface area contributed by atoms with Crippen molar-refractivity contribution in [3.63, 3.8) is 0 Å². The van der Waals surface area contributed by atoms with Crippen LogP contribution in [0.4, 0.5) is 13.2 Å². The van der Waals surface area contributed by atoms with Crippen LogP contribution in [0.5, 0.6) is 0 Å². The molecule has 2 fully saturated rings. The summed E-state index contributed by atoms with van der Waals surface area (Å²) in [4.78, 5) is 25.0. The summed E-state index contributed by atoms with van der Waals surface area (Å²) >= 11 is 0. The number of carboxylic acid groups (broad SMARTS) is 1. The molecule has 3 heterocycles. The van der Waals surface area contributed by atoms with Gasteiger partial charge in [0.05, 0.1) is 36.4 Å². The second-order valence-corrected chi connectivity index (χ2v) is 10.5. The van der Waals surface area contributed by atoms with Crippen molar-refractivity contribution < 1.29 is 32.8 Å². The molecule has 0 radical (unpaired) electrons. The molecule has 2 bridgehead atoms. The zero-order chi connectivity index (χ0) is 29.1. The number of likely N-dealkylation sites (tertiary alicyclic amines) is 1. The lowest BCUT2D eigenvalue weighted by Crippen LogP contribution is -3.14. The maximum absolute atomic E-state index is 11.7. The minimum Gasteiger partial charge on any atom is -0.542 e. The number of carbonyl (C=O) groups excluding carboxylic acids is 2. The van der Waals surface area contributed by atoms with Gasteiger partial charge in [-0.3, -0.25) is 9.69 Å². The fourth-order valence-electron chi connectivity index (χ4n) is 5.83. The first kappa shape index (κ1) is 28.3. The number of carbonyl (C=O) groups is 2. The second-order valence-electron chi connectivity index (χ2n) is 10.5. The Morgan fingerprint density at radius 3 is 2.15 bits per heavy atom. The van der Waals surface area contributed by atoms with E-state index in [1.54, 1.807) is 11.0 Å². The van der Waals surface area contributed by atoms with Gasteiger partial charge in [-0.25, -0.2) is 4.68 Å². The predicted molar refractivity (Wildman–Crippen MR) is 144 cm³/mol. The lowest BCUT2D eigenvalue weighted by molar-refractivity contribution is -0.922. The summed E-state index contributed by atoms with van der Waals surface area (Å²) in [6.45, 7) is 4.59. The number of fused-ring (bicyclic) bond motifs is 3. The number of aliphatic carboxylic acids is 1. The quantitative estimate of drug-likeness (QED) is 0.371. The number of benzene rings is 3. The summed E-state index contributed by atoms with van der Waals surface area (Å²) in [6.07, 6.45) is -0.627. The molecule has 2 saturated heterocycles. The molecule has 6 rings (SSSR count). The van der Waals surface area contributed by atoms with Gasteiger partial charge >= 0.3 is 6.18 Å². The van der Waals surface area contributed by atoms with E-state index in [0.717, 1.165) is 24.2 Å². The number of nitrogens with zero attached hydrogens (tertiary/aromatic N) is 3. The molecule has 3 aromatic carbocycles. The molecule has 41 heavy (non-hydrogen) atoms. The molecule has 0 aliphatic carbocycles. The summed E-state index contributed by atoms with van der Waals surface area (Å²) in [5, 5.41) is 14.3. The van der Waals surface area contributed by atoms with Crippen LogP contribution in [0.15, 0.2) is 79.0 Å². The zero-order valence-corrected chi connectivity index (χ0v) is 22.2. The molecule has 3 N–H and O–H groups in total. The van der Waals surface area contributed by atoms with Gasteiger partial charge in [0.1, 0.15) is 18.0 Å². The van der Waals surface area contributed by atoms with Gasteiger partial charge < -0.3 is 20.5 Å². The van der Waals surface area contributed by atoms with E-state index in [2.05, 4.69) is 64.6 Å². The van der Waals surface area contributed by atoms with Crippen molar-refractivity contribution in [2.24, 2.45) is 5.73 Å². The molecule has 0 spiro atoms. The first-order chi connectivity index (χ1) is 19.6. The van der Waals surface area contributed by atoms with E-state index in [9.17, 15) is 18.0 Å². The molecule has 11 heteroatoms. The Morgan fingerprint density at radius 1 is 0.927 bits per heavy atom. The molecule has 1 amide bonds. The Bertz CT molecular complexity index is 1510. The van der Waals surface area contributed by atoms with Gasteiger partial charge in [-0.15, -0.1) is 0 Å². The number of carboxylic acids is 1. The lowest BCUT2D eigenvalue weighted by atomic mass is 10.1. The van der Waals surface area contributed by atoms with Crippen LogP contribution in [0.2, 0.25) is 0 Å². The highest BCUT2D eigenvalue weighted by Crippen LogP contribution is 2.28. The average Bonchev–Trinajstić information content (AvgIpc) is 3.47. The number of primary amides is 1. The third-order valence-corrected chi connectivity index (χ3v) is 7.72. The second kappa shape index (κ2) is 11.7. The summed E-state index contributed by atoms with van der Waals surface area (Å²) in [6, 6.07) is 26.4. The summed E-state index contributed by atoms with van der Waals surface area (Å²) < 4.78 is 33.4. The maximum Gasteiger partial charge on any atom is 0.430 e. The molecular weight excluding hydrogens is 535 g/mol. The fourth-order valence-corrected chi connectivity index (χ4v) is 5.83. The van der Waals surface area contributed by atoms with Crippen LogP contribution in [0.1, 0.15) is 34.3 Å². The number of hydrogen-bond donors (Lipinski definition) is 2. The Kier molecular flexibility index (Phi) is 8.09. The normalized spacial score (nSPS) is 20.4. The number of nitrogens with two attached hydrogens (primary N) is 1. The van der Waals surface area contributed by atoms with Crippen LogP contribution >= 0.6 is 0 Å². The molecule has 2 atom stereocenters. The number of quaternary nitrogens is 1. The predicted octanol–water partition coefficient (Wildman–Crippen LogP) is 1.85. The average molecular weight is 566 g/mol. The third-order valence-electron chi connectivity index (χ3n) is 7.72. The van der Waals surface area contributed by atoms with Crippen LogP contribution < -0.4 is 15.7 Å². The van der Waals surface area contributed by atoms with Crippen molar-refractivity contribution in [2.45, 2.75) is 44.2 Å². The van der Waals surface area contributed by atoms with E-state index >= 15 is 0 Å². The highest BCUT2D eigenvalue weighted by Gasteiger charge is 2.42. The van der Waals surface area contributed by atoms with Crippen molar-refractivity contribution in [3.8, 4) is 5.69 Å². The first-order valence-corrected chi connectivity index (χ1v) is 13.4. The van der Waals surface area contributed by atoms with Gasteiger partial charge in [0.15, 0.2) is 0 Å². The molecule has 4 aromatic rings. The SMILES string of the molecule is NC(=O)c1cccc2cn(-c3ccc(CN4C5CCC4C[NH+](Cc4ccccc4)C5)cc3)nc12.O=C([O-])C(F)(F)F. The highest BCUT2D eigenvalue weighted by molar-refractivity contribution is 6.04. The number of rotatable bonds is 6. The largest absolute Gasteiger partial charge is 0.542 e. The number of amides is 1. The molecular formula is C30H30F3N5O3. The minimum atomic E-state index is -5.19.